The summed E-state index contributed by atoms with van der Waals surface area (Å²) in [4.78, 5) is 45.3. The van der Waals surface area contributed by atoms with Crippen LogP contribution < -0.4 is 30.9 Å². The summed E-state index contributed by atoms with van der Waals surface area (Å²) in [5.41, 5.74) is 2.67. The lowest BCUT2D eigenvalue weighted by Crippen LogP contribution is -2.43. The van der Waals surface area contributed by atoms with Crippen LogP contribution in [0.15, 0.2) is 79.0 Å². The van der Waals surface area contributed by atoms with E-state index in [0.717, 1.165) is 48.9 Å². The summed E-state index contributed by atoms with van der Waals surface area (Å²) in [5.74, 6) is -0.599. The van der Waals surface area contributed by atoms with E-state index in [2.05, 4.69) is 49.2 Å². The number of carbonyl (C=O) groups is 3. The van der Waals surface area contributed by atoms with E-state index >= 15 is 0 Å². The Kier molecular flexibility index (Phi) is 11.2. The van der Waals surface area contributed by atoms with Gasteiger partial charge in [-0.1, -0.05) is 36.4 Å². The maximum atomic E-state index is 14.0. The molecule has 1 atom stereocenters. The number of halogens is 3. The van der Waals surface area contributed by atoms with Gasteiger partial charge in [0.1, 0.15) is 11.6 Å². The van der Waals surface area contributed by atoms with Crippen LogP contribution in [-0.2, 0) is 22.3 Å². The van der Waals surface area contributed by atoms with E-state index in [1.807, 2.05) is 36.4 Å². The smallest absolute Gasteiger partial charge is 0.419 e. The summed E-state index contributed by atoms with van der Waals surface area (Å²) in [6, 6.07) is 21.5. The van der Waals surface area contributed by atoms with Gasteiger partial charge in [0.25, 0.3) is 5.91 Å². The lowest BCUT2D eigenvalue weighted by Gasteiger charge is -2.38. The molecule has 0 aliphatic carbocycles. The van der Waals surface area contributed by atoms with Crippen LogP contribution in [0, 0.1) is 0 Å². The van der Waals surface area contributed by atoms with Gasteiger partial charge in [-0.05, 0) is 61.7 Å². The number of methoxy groups -OCH3 is 1. The van der Waals surface area contributed by atoms with Crippen molar-refractivity contribution in [1.29, 1.82) is 0 Å². The molecule has 6 rings (SSSR count). The first-order valence-corrected chi connectivity index (χ1v) is 17.4. The second kappa shape index (κ2) is 15.9. The van der Waals surface area contributed by atoms with Gasteiger partial charge in [0.15, 0.2) is 0 Å². The highest BCUT2D eigenvalue weighted by Gasteiger charge is 2.35. The number of rotatable bonds is 11. The second-order valence-electron chi connectivity index (χ2n) is 13.2. The molecule has 2 fully saturated rings. The van der Waals surface area contributed by atoms with Crippen molar-refractivity contribution in [3.05, 3.63) is 101 Å². The van der Waals surface area contributed by atoms with Crippen LogP contribution in [0.2, 0.25) is 0 Å². The number of anilines is 5. The number of imide groups is 1. The standard InChI is InChI=1S/C39H42F3N7O4/c1-43-37(51)29-10-6-7-11-31(29)45-33-21-35(44-22-30(33)39(40,41)42)46-32-14-12-26(20-34(32)53-3)49-18-16-25(17-19-49)48(2)23-24-8-4-5-9-27(24)28-13-15-36(50)47-38(28)52/h4-12,14,20-22,25,28H,13,15-19,23H2,1-3H3,(H,43,51)(H2,44,45,46)(H,47,50,52). The van der Waals surface area contributed by atoms with Gasteiger partial charge in [-0.25, -0.2) is 4.98 Å². The monoisotopic (exact) mass is 729 g/mol. The van der Waals surface area contributed by atoms with Gasteiger partial charge in [0.05, 0.1) is 41.2 Å². The number of hydrogen-bond donors (Lipinski definition) is 4. The maximum Gasteiger partial charge on any atom is 0.419 e. The molecule has 53 heavy (non-hydrogen) atoms. The fraction of sp³-hybridized carbons (Fsp3) is 0.333. The summed E-state index contributed by atoms with van der Waals surface area (Å²) >= 11 is 0. The number of para-hydroxylation sites is 1. The molecule has 14 heteroatoms. The molecule has 278 valence electrons. The highest BCUT2D eigenvalue weighted by Crippen LogP contribution is 2.39. The molecule has 2 aliphatic heterocycles. The number of alkyl halides is 3. The van der Waals surface area contributed by atoms with Gasteiger partial charge in [-0.15, -0.1) is 0 Å². The minimum Gasteiger partial charge on any atom is -0.494 e. The van der Waals surface area contributed by atoms with Crippen molar-refractivity contribution < 1.29 is 32.3 Å². The Morgan fingerprint density at radius 3 is 2.42 bits per heavy atom. The van der Waals surface area contributed by atoms with E-state index in [1.165, 1.54) is 32.4 Å². The number of pyridine rings is 1. The van der Waals surface area contributed by atoms with Crippen molar-refractivity contribution in [3.8, 4) is 5.75 Å². The predicted molar refractivity (Wildman–Crippen MR) is 197 cm³/mol. The van der Waals surface area contributed by atoms with Crippen molar-refractivity contribution in [1.82, 2.24) is 20.5 Å². The molecule has 0 spiro atoms. The number of amides is 3. The fourth-order valence-electron chi connectivity index (χ4n) is 7.01. The van der Waals surface area contributed by atoms with E-state index in [9.17, 15) is 27.6 Å². The van der Waals surface area contributed by atoms with Gasteiger partial charge in [0, 0.05) is 63.2 Å². The molecule has 1 aromatic heterocycles. The zero-order chi connectivity index (χ0) is 37.7. The fourth-order valence-corrected chi connectivity index (χ4v) is 7.01. The number of nitrogens with zero attached hydrogens (tertiary/aromatic N) is 3. The first kappa shape index (κ1) is 37.1. The highest BCUT2D eigenvalue weighted by molar-refractivity contribution is 6.01. The Morgan fingerprint density at radius 1 is 0.962 bits per heavy atom. The van der Waals surface area contributed by atoms with Crippen LogP contribution in [0.1, 0.15) is 58.6 Å². The minimum atomic E-state index is -4.70. The predicted octanol–water partition coefficient (Wildman–Crippen LogP) is 6.58. The summed E-state index contributed by atoms with van der Waals surface area (Å²) in [6.07, 6.45) is -1.28. The first-order valence-electron chi connectivity index (χ1n) is 17.4. The number of aromatic nitrogens is 1. The second-order valence-corrected chi connectivity index (χ2v) is 13.2. The molecule has 4 N–H and O–H groups in total. The summed E-state index contributed by atoms with van der Waals surface area (Å²) in [6.45, 7) is 2.28. The number of benzene rings is 3. The maximum absolute atomic E-state index is 14.0. The SMILES string of the molecule is CNC(=O)c1ccccc1Nc1cc(Nc2ccc(N3CCC(N(C)Cc4ccccc4C4CCC(=O)NC4=O)CC3)cc2OC)ncc1C(F)(F)F. The normalized spacial score (nSPS) is 16.7. The molecule has 0 radical (unpaired) electrons. The Balaban J connectivity index is 1.12. The van der Waals surface area contributed by atoms with Crippen molar-refractivity contribution in [2.24, 2.45) is 0 Å². The third kappa shape index (κ3) is 8.54. The Labute approximate surface area is 305 Å². The summed E-state index contributed by atoms with van der Waals surface area (Å²) < 4.78 is 47.8. The molecule has 3 amide bonds. The van der Waals surface area contributed by atoms with Gasteiger partial charge in [0.2, 0.25) is 11.8 Å². The molecule has 2 aliphatic rings. The van der Waals surface area contributed by atoms with Gasteiger partial charge in [-0.2, -0.15) is 13.2 Å². The third-order valence-corrected chi connectivity index (χ3v) is 9.87. The molecule has 0 bridgehead atoms. The minimum absolute atomic E-state index is 0.145. The number of hydrogen-bond acceptors (Lipinski definition) is 9. The first-order chi connectivity index (χ1) is 25.4. The molecule has 0 saturated carbocycles. The number of carbonyl (C=O) groups excluding carboxylic acids is 3. The van der Waals surface area contributed by atoms with E-state index in [0.29, 0.717) is 36.9 Å². The van der Waals surface area contributed by atoms with Crippen LogP contribution in [0.3, 0.4) is 0 Å². The lowest BCUT2D eigenvalue weighted by atomic mass is 9.87. The Morgan fingerprint density at radius 2 is 1.70 bits per heavy atom. The lowest BCUT2D eigenvalue weighted by molar-refractivity contribution is -0.137. The van der Waals surface area contributed by atoms with Crippen LogP contribution in [0.25, 0.3) is 0 Å². The molecule has 4 aromatic rings. The number of piperidine rings is 2. The van der Waals surface area contributed by atoms with Crippen molar-refractivity contribution >= 4 is 46.3 Å². The van der Waals surface area contributed by atoms with Crippen molar-refractivity contribution in [2.45, 2.75) is 50.4 Å². The zero-order valence-electron chi connectivity index (χ0n) is 29.7. The van der Waals surface area contributed by atoms with E-state index < -0.39 is 17.6 Å². The highest BCUT2D eigenvalue weighted by atomic mass is 19.4. The van der Waals surface area contributed by atoms with Crippen LogP contribution in [0.4, 0.5) is 41.7 Å². The average Bonchev–Trinajstić information content (AvgIpc) is 3.15. The summed E-state index contributed by atoms with van der Waals surface area (Å²) in [5, 5.41) is 10.9. The van der Waals surface area contributed by atoms with E-state index in [-0.39, 0.29) is 40.5 Å². The van der Waals surface area contributed by atoms with Crippen molar-refractivity contribution in [3.63, 3.8) is 0 Å². The third-order valence-electron chi connectivity index (χ3n) is 9.87. The topological polar surface area (TPSA) is 128 Å². The van der Waals surface area contributed by atoms with E-state index in [4.69, 9.17) is 4.74 Å². The van der Waals surface area contributed by atoms with Gasteiger partial charge in [-0.3, -0.25) is 24.6 Å². The summed E-state index contributed by atoms with van der Waals surface area (Å²) in [7, 11) is 5.08. The largest absolute Gasteiger partial charge is 0.494 e. The quantitative estimate of drug-likeness (QED) is 0.127. The van der Waals surface area contributed by atoms with Crippen molar-refractivity contribution in [2.75, 3.05) is 49.8 Å². The van der Waals surface area contributed by atoms with Gasteiger partial charge >= 0.3 is 6.18 Å². The molecular weight excluding hydrogens is 687 g/mol. The van der Waals surface area contributed by atoms with Crippen LogP contribution >= 0.6 is 0 Å². The molecule has 3 heterocycles. The zero-order valence-corrected chi connectivity index (χ0v) is 29.7. The molecule has 3 aromatic carbocycles. The van der Waals surface area contributed by atoms with Crippen LogP contribution in [0.5, 0.6) is 5.75 Å². The Hall–Kier alpha value is -5.63. The average molecular weight is 730 g/mol. The van der Waals surface area contributed by atoms with Crippen LogP contribution in [-0.4, -0.2) is 67.9 Å². The van der Waals surface area contributed by atoms with Gasteiger partial charge < -0.3 is 25.6 Å². The number of nitrogens with one attached hydrogen (secondary N) is 4. The van der Waals surface area contributed by atoms with E-state index in [1.54, 1.807) is 12.1 Å². The molecule has 2 saturated heterocycles. The molecular formula is C39H42F3N7O4. The Bertz CT molecular complexity index is 1980. The molecule has 11 nitrogen and oxygen atoms in total. The number of ether oxygens (including phenoxy) is 1. The molecule has 1 unspecified atom stereocenters.